The first kappa shape index (κ1) is 17.9. The Morgan fingerprint density at radius 2 is 1.87 bits per heavy atom. The third kappa shape index (κ3) is 3.57. The van der Waals surface area contributed by atoms with Crippen LogP contribution in [0.5, 0.6) is 0 Å². The summed E-state index contributed by atoms with van der Waals surface area (Å²) in [4.78, 5) is 12.4. The fourth-order valence-electron chi connectivity index (χ4n) is 2.99. The van der Waals surface area contributed by atoms with Crippen molar-refractivity contribution in [2.75, 3.05) is 0 Å². The average Bonchev–Trinajstić information content (AvgIpc) is 3.02. The van der Waals surface area contributed by atoms with Crippen LogP contribution in [0.15, 0.2) is 30.5 Å². The molecule has 23 heavy (non-hydrogen) atoms. The van der Waals surface area contributed by atoms with Crippen LogP contribution in [0, 0.1) is 12.3 Å². The Labute approximate surface area is 149 Å². The van der Waals surface area contributed by atoms with E-state index in [0.717, 1.165) is 13.0 Å². The summed E-state index contributed by atoms with van der Waals surface area (Å²) in [7, 11) is 0. The van der Waals surface area contributed by atoms with Gasteiger partial charge < -0.3 is 17.0 Å². The van der Waals surface area contributed by atoms with Crippen molar-refractivity contribution in [2.24, 2.45) is 5.41 Å². The van der Waals surface area contributed by atoms with Crippen LogP contribution in [0.2, 0.25) is 0 Å². The first-order valence-electron chi connectivity index (χ1n) is 8.08. The minimum absolute atomic E-state index is 0. The first-order valence-corrected chi connectivity index (χ1v) is 8.08. The quantitative estimate of drug-likeness (QED) is 0.708. The number of carbonyl (C=O) groups is 1. The van der Waals surface area contributed by atoms with Crippen molar-refractivity contribution in [3.05, 3.63) is 41.9 Å². The van der Waals surface area contributed by atoms with Crippen LogP contribution in [0.4, 0.5) is 0 Å². The van der Waals surface area contributed by atoms with Gasteiger partial charge in [-0.1, -0.05) is 50.6 Å². The van der Waals surface area contributed by atoms with Gasteiger partial charge in [0, 0.05) is 11.0 Å². The molecule has 0 unspecified atom stereocenters. The molecule has 4 heteroatoms. The lowest BCUT2D eigenvalue weighted by Gasteiger charge is -2.14. The van der Waals surface area contributed by atoms with Gasteiger partial charge in [-0.2, -0.15) is 0 Å². The second-order valence-corrected chi connectivity index (χ2v) is 7.35. The third-order valence-electron chi connectivity index (χ3n) is 4.49. The number of ketones is 1. The highest BCUT2D eigenvalue weighted by Gasteiger charge is 2.31. The van der Waals surface area contributed by atoms with Crippen LogP contribution >= 0.6 is 0 Å². The van der Waals surface area contributed by atoms with Crippen molar-refractivity contribution in [3.63, 3.8) is 0 Å². The van der Waals surface area contributed by atoms with Crippen LogP contribution in [0.1, 0.15) is 38.6 Å². The van der Waals surface area contributed by atoms with E-state index < -0.39 is 0 Å². The number of aryl methyl sites for hydroxylation is 1. The molecule has 0 radical (unpaired) electrons. The van der Waals surface area contributed by atoms with Crippen molar-refractivity contribution in [2.45, 2.75) is 53.6 Å². The number of hydrogen-bond acceptors (Lipinski definition) is 1. The molecule has 1 aromatic heterocycles. The maximum absolute atomic E-state index is 12.4. The molecule has 124 valence electrons. The van der Waals surface area contributed by atoms with E-state index in [1.807, 2.05) is 20.8 Å². The Kier molecular flexibility index (Phi) is 5.14. The van der Waals surface area contributed by atoms with Crippen molar-refractivity contribution in [1.82, 2.24) is 4.57 Å². The highest BCUT2D eigenvalue weighted by atomic mass is 79.9. The molecule has 0 saturated heterocycles. The summed E-state index contributed by atoms with van der Waals surface area (Å²) in [6.45, 7) is 9.61. The van der Waals surface area contributed by atoms with Crippen LogP contribution in [-0.2, 0) is 24.3 Å². The normalized spacial score (nSPS) is 13.6. The fourth-order valence-corrected chi connectivity index (χ4v) is 2.99. The van der Waals surface area contributed by atoms with Gasteiger partial charge in [-0.25, -0.2) is 9.13 Å². The van der Waals surface area contributed by atoms with E-state index in [9.17, 15) is 4.79 Å². The smallest absolute Gasteiger partial charge is 0.257 e. The van der Waals surface area contributed by atoms with Gasteiger partial charge in [0.05, 0.1) is 13.0 Å². The van der Waals surface area contributed by atoms with E-state index in [-0.39, 0.29) is 28.2 Å². The Morgan fingerprint density at radius 3 is 2.48 bits per heavy atom. The lowest BCUT2D eigenvalue weighted by atomic mass is 9.91. The zero-order valence-electron chi connectivity index (χ0n) is 14.4. The molecule has 1 aromatic carbocycles. The number of rotatable bonds is 3. The summed E-state index contributed by atoms with van der Waals surface area (Å²) >= 11 is 0. The molecule has 2 aromatic rings. The fraction of sp³-hybridized carbons (Fsp3) is 0.474. The Morgan fingerprint density at radius 1 is 1.22 bits per heavy atom. The predicted molar refractivity (Wildman–Crippen MR) is 87.6 cm³/mol. The second kappa shape index (κ2) is 6.60. The molecule has 1 aliphatic rings. The van der Waals surface area contributed by atoms with E-state index >= 15 is 0 Å². The molecule has 0 spiro atoms. The Balaban J connectivity index is 0.00000192. The Hall–Kier alpha value is -1.42. The number of carbonyl (C=O) groups excluding carboxylic acids is 1. The molecule has 3 nitrogen and oxygen atoms in total. The maximum Gasteiger partial charge on any atom is 0.257 e. The monoisotopic (exact) mass is 376 g/mol. The molecule has 0 fully saturated rings. The number of Topliss-reactive ketones (excluding diaryl/α,β-unsaturated/α-hetero) is 1. The summed E-state index contributed by atoms with van der Waals surface area (Å²) < 4.78 is 4.54. The first-order chi connectivity index (χ1) is 10.4. The molecular weight excluding hydrogens is 352 g/mol. The molecule has 2 heterocycles. The lowest BCUT2D eigenvalue weighted by Crippen LogP contribution is -3.00. The van der Waals surface area contributed by atoms with E-state index in [1.54, 1.807) is 0 Å². The van der Waals surface area contributed by atoms with Gasteiger partial charge in [0.2, 0.25) is 0 Å². The van der Waals surface area contributed by atoms with Crippen LogP contribution < -0.4 is 21.5 Å². The number of benzene rings is 1. The number of fused-ring (bicyclic) bond motifs is 1. The van der Waals surface area contributed by atoms with E-state index in [0.29, 0.717) is 6.54 Å². The van der Waals surface area contributed by atoms with Crippen molar-refractivity contribution >= 4 is 5.78 Å². The summed E-state index contributed by atoms with van der Waals surface area (Å²) in [6, 6.07) is 8.64. The zero-order chi connectivity index (χ0) is 15.9. The highest BCUT2D eigenvalue weighted by Crippen LogP contribution is 2.25. The van der Waals surface area contributed by atoms with Gasteiger partial charge >= 0.3 is 0 Å². The van der Waals surface area contributed by atoms with E-state index in [2.05, 4.69) is 46.5 Å². The van der Waals surface area contributed by atoms with Crippen molar-refractivity contribution in [1.29, 1.82) is 0 Å². The minimum atomic E-state index is -0.287. The summed E-state index contributed by atoms with van der Waals surface area (Å²) in [5.41, 5.74) is 3.45. The maximum atomic E-state index is 12.4. The molecule has 1 aliphatic heterocycles. The van der Waals surface area contributed by atoms with Gasteiger partial charge in [-0.15, -0.1) is 0 Å². The van der Waals surface area contributed by atoms with Crippen molar-refractivity contribution in [3.8, 4) is 11.3 Å². The van der Waals surface area contributed by atoms with Crippen molar-refractivity contribution < 1.29 is 26.3 Å². The number of nitrogens with zero attached hydrogens (tertiary/aromatic N) is 2. The number of halogens is 1. The lowest BCUT2D eigenvalue weighted by molar-refractivity contribution is -0.690. The topological polar surface area (TPSA) is 25.9 Å². The highest BCUT2D eigenvalue weighted by molar-refractivity contribution is 5.82. The molecular formula is C19H25BrN2O. The molecule has 0 amide bonds. The minimum Gasteiger partial charge on any atom is -1.00 e. The van der Waals surface area contributed by atoms with Gasteiger partial charge in [0.25, 0.3) is 5.82 Å². The zero-order valence-corrected chi connectivity index (χ0v) is 16.0. The average molecular weight is 377 g/mol. The number of aromatic nitrogens is 2. The molecule has 0 saturated carbocycles. The Bertz CT molecular complexity index is 708. The van der Waals surface area contributed by atoms with Crippen LogP contribution in [-0.4, -0.2) is 10.4 Å². The predicted octanol–water partition coefficient (Wildman–Crippen LogP) is 0.316. The van der Waals surface area contributed by atoms with Gasteiger partial charge in [-0.3, -0.25) is 4.79 Å². The molecule has 0 atom stereocenters. The largest absolute Gasteiger partial charge is 1.00 e. The molecule has 0 bridgehead atoms. The standard InChI is InChI=1S/C19H25N2O.BrH/c1-14-7-9-15(10-8-14)16-12-20(13-17(22)19(2,3)4)18-6-5-11-21(16)18;/h7-10,12H,5-6,11,13H2,1-4H3;1H/q+1;/p-1. The molecule has 0 aliphatic carbocycles. The van der Waals surface area contributed by atoms with Crippen LogP contribution in [0.3, 0.4) is 0 Å². The number of hydrogen-bond donors (Lipinski definition) is 0. The summed E-state index contributed by atoms with van der Waals surface area (Å²) in [5.74, 6) is 1.57. The van der Waals surface area contributed by atoms with E-state index in [4.69, 9.17) is 0 Å². The van der Waals surface area contributed by atoms with Crippen LogP contribution in [0.25, 0.3) is 11.3 Å². The van der Waals surface area contributed by atoms with Gasteiger partial charge in [0.15, 0.2) is 11.5 Å². The van der Waals surface area contributed by atoms with E-state index in [1.165, 1.54) is 29.1 Å². The summed E-state index contributed by atoms with van der Waals surface area (Å²) in [5, 5.41) is 0. The third-order valence-corrected chi connectivity index (χ3v) is 4.49. The van der Waals surface area contributed by atoms with Gasteiger partial charge in [0.1, 0.15) is 12.7 Å². The number of imidazole rings is 1. The SMILES string of the molecule is Cc1ccc(-c2c[n+](CC(=O)C(C)(C)C)c3n2CCC3)cc1.[Br-]. The van der Waals surface area contributed by atoms with Gasteiger partial charge in [-0.05, 0) is 13.3 Å². The molecule has 0 N–H and O–H groups in total. The second-order valence-electron chi connectivity index (χ2n) is 7.35. The summed E-state index contributed by atoms with van der Waals surface area (Å²) in [6.07, 6.45) is 4.38. The molecule has 3 rings (SSSR count).